The first-order valence-electron chi connectivity index (χ1n) is 14.7. The minimum Gasteiger partial charge on any atom is -0.493 e. The highest BCUT2D eigenvalue weighted by Crippen LogP contribution is 2.44. The van der Waals surface area contributed by atoms with E-state index < -0.39 is 11.9 Å². The first-order chi connectivity index (χ1) is 18.1. The van der Waals surface area contributed by atoms with E-state index in [1.807, 2.05) is 17.0 Å². The van der Waals surface area contributed by atoms with Crippen molar-refractivity contribution in [2.45, 2.75) is 84.6 Å². The maximum Gasteiger partial charge on any atom is 0.308 e. The summed E-state index contributed by atoms with van der Waals surface area (Å²) >= 11 is 0. The zero-order valence-electron chi connectivity index (χ0n) is 24.7. The van der Waals surface area contributed by atoms with Gasteiger partial charge in [0.05, 0.1) is 19.1 Å². The molecule has 0 aliphatic carbocycles. The van der Waals surface area contributed by atoms with Crippen molar-refractivity contribution in [1.82, 2.24) is 14.7 Å². The van der Waals surface area contributed by atoms with E-state index in [0.717, 1.165) is 81.5 Å². The zero-order valence-corrected chi connectivity index (χ0v) is 24.7. The first kappa shape index (κ1) is 30.4. The summed E-state index contributed by atoms with van der Waals surface area (Å²) in [6, 6.07) is 6.01. The number of benzene rings is 1. The van der Waals surface area contributed by atoms with Crippen molar-refractivity contribution in [1.29, 1.82) is 0 Å². The fraction of sp³-hybridized carbons (Fsp3) is 0.742. The second-order valence-corrected chi connectivity index (χ2v) is 12.4. The second-order valence-electron chi connectivity index (χ2n) is 12.4. The highest BCUT2D eigenvalue weighted by atomic mass is 16.5. The third-order valence-electron chi connectivity index (χ3n) is 8.37. The van der Waals surface area contributed by atoms with E-state index in [4.69, 9.17) is 4.74 Å². The number of rotatable bonds is 15. The summed E-state index contributed by atoms with van der Waals surface area (Å²) in [5, 5.41) is 10.5. The summed E-state index contributed by atoms with van der Waals surface area (Å²) in [7, 11) is 4.12. The van der Waals surface area contributed by atoms with Gasteiger partial charge in [-0.3, -0.25) is 14.5 Å². The van der Waals surface area contributed by atoms with Crippen molar-refractivity contribution in [2.24, 2.45) is 11.3 Å². The molecular formula is C31H51N3O4. The molecule has 2 aliphatic rings. The minimum atomic E-state index is -0.757. The molecule has 7 heteroatoms. The van der Waals surface area contributed by atoms with Gasteiger partial charge in [-0.15, -0.1) is 0 Å². The molecule has 1 aromatic carbocycles. The van der Waals surface area contributed by atoms with E-state index in [0.29, 0.717) is 13.2 Å². The molecule has 0 bridgehead atoms. The molecule has 2 heterocycles. The molecule has 0 spiro atoms. The highest BCUT2D eigenvalue weighted by Gasteiger charge is 2.48. The van der Waals surface area contributed by atoms with Gasteiger partial charge in [0.15, 0.2) is 0 Å². The van der Waals surface area contributed by atoms with Crippen molar-refractivity contribution in [2.75, 3.05) is 53.4 Å². The van der Waals surface area contributed by atoms with Gasteiger partial charge in [0, 0.05) is 38.0 Å². The Bertz CT molecular complexity index is 932. The van der Waals surface area contributed by atoms with Crippen LogP contribution in [0.2, 0.25) is 0 Å². The van der Waals surface area contributed by atoms with Gasteiger partial charge < -0.3 is 19.6 Å². The Kier molecular flexibility index (Phi) is 11.0. The number of carboxylic acid groups (broad SMARTS) is 1. The van der Waals surface area contributed by atoms with E-state index in [9.17, 15) is 14.7 Å². The number of unbranched alkanes of at least 4 members (excludes halogenated alkanes) is 1. The van der Waals surface area contributed by atoms with Gasteiger partial charge in [0.2, 0.25) is 5.91 Å². The van der Waals surface area contributed by atoms with E-state index in [1.54, 1.807) is 0 Å². The number of likely N-dealkylation sites (tertiary alicyclic amines) is 1. The van der Waals surface area contributed by atoms with Crippen molar-refractivity contribution in [3.05, 3.63) is 29.3 Å². The largest absolute Gasteiger partial charge is 0.493 e. The molecule has 1 N–H and O–H groups in total. The van der Waals surface area contributed by atoms with Gasteiger partial charge >= 0.3 is 5.97 Å². The van der Waals surface area contributed by atoms with Gasteiger partial charge in [-0.05, 0) is 68.9 Å². The lowest BCUT2D eigenvalue weighted by Crippen LogP contribution is -2.46. The van der Waals surface area contributed by atoms with Gasteiger partial charge in [-0.1, -0.05) is 52.7 Å². The zero-order chi connectivity index (χ0) is 27.9. The molecule has 1 aromatic rings. The number of hydrogen-bond donors (Lipinski definition) is 1. The molecule has 38 heavy (non-hydrogen) atoms. The Morgan fingerprint density at radius 3 is 2.50 bits per heavy atom. The van der Waals surface area contributed by atoms with Crippen LogP contribution in [0.25, 0.3) is 0 Å². The lowest BCUT2D eigenvalue weighted by Gasteiger charge is -2.35. The summed E-state index contributed by atoms with van der Waals surface area (Å²) in [5.74, 6) is -0.408. The van der Waals surface area contributed by atoms with E-state index in [1.165, 1.54) is 0 Å². The molecule has 0 unspecified atom stereocenters. The van der Waals surface area contributed by atoms with E-state index in [-0.39, 0.29) is 29.8 Å². The summed E-state index contributed by atoms with van der Waals surface area (Å²) in [6.45, 7) is 12.8. The number of amides is 1. The van der Waals surface area contributed by atoms with Gasteiger partial charge in [-0.2, -0.15) is 0 Å². The van der Waals surface area contributed by atoms with Crippen molar-refractivity contribution in [3.8, 4) is 5.75 Å². The highest BCUT2D eigenvalue weighted by molar-refractivity contribution is 5.79. The standard InChI is InChI=1S/C31H51N3O4/c1-7-9-16-33(17-10-15-32(5)6)28(35)22-34-21-25(23-11-12-27-24(19-23)13-18-38-27)29(30(36)37)26(34)20-31(3,4)14-8-2/h11-12,19,25-26,29H,7-10,13-18,20-22H2,1-6H3,(H,36,37)/t25-,26+,29-/m1/s1. The molecule has 0 saturated carbocycles. The molecule has 0 radical (unpaired) electrons. The Morgan fingerprint density at radius 2 is 1.84 bits per heavy atom. The molecule has 0 aromatic heterocycles. The van der Waals surface area contributed by atoms with Crippen LogP contribution in [0.3, 0.4) is 0 Å². The third-order valence-corrected chi connectivity index (χ3v) is 8.37. The van der Waals surface area contributed by atoms with Crippen molar-refractivity contribution in [3.63, 3.8) is 0 Å². The van der Waals surface area contributed by atoms with Crippen LogP contribution in [0.4, 0.5) is 0 Å². The molecule has 1 saturated heterocycles. The van der Waals surface area contributed by atoms with Crippen LogP contribution in [0.15, 0.2) is 18.2 Å². The SMILES string of the molecule is CCCCN(CCCN(C)C)C(=O)CN1C[C@H](c2ccc3c(c2)CCO3)[C@@H](C(=O)O)[C@@H]1CC(C)(C)CCC. The monoisotopic (exact) mass is 529 g/mol. The topological polar surface area (TPSA) is 73.3 Å². The third kappa shape index (κ3) is 7.95. The van der Waals surface area contributed by atoms with Crippen molar-refractivity contribution < 1.29 is 19.4 Å². The summed E-state index contributed by atoms with van der Waals surface area (Å²) in [4.78, 5) is 32.9. The van der Waals surface area contributed by atoms with Gasteiger partial charge in [-0.25, -0.2) is 0 Å². The first-order valence-corrected chi connectivity index (χ1v) is 14.7. The number of ether oxygens (including phenoxy) is 1. The second kappa shape index (κ2) is 13.8. The predicted octanol–water partition coefficient (Wildman–Crippen LogP) is 4.89. The number of carbonyl (C=O) groups is 2. The van der Waals surface area contributed by atoms with Crippen LogP contribution < -0.4 is 4.74 Å². The molecule has 2 aliphatic heterocycles. The average Bonchev–Trinajstić information content (AvgIpc) is 3.44. The number of carboxylic acids is 1. The number of nitrogens with zero attached hydrogens (tertiary/aromatic N) is 3. The molecular weight excluding hydrogens is 478 g/mol. The smallest absolute Gasteiger partial charge is 0.308 e. The molecule has 1 fully saturated rings. The van der Waals surface area contributed by atoms with E-state index >= 15 is 0 Å². The quantitative estimate of drug-likeness (QED) is 0.349. The van der Waals surface area contributed by atoms with Crippen LogP contribution >= 0.6 is 0 Å². The summed E-state index contributed by atoms with van der Waals surface area (Å²) in [6.07, 6.45) is 6.69. The van der Waals surface area contributed by atoms with Crippen LogP contribution in [0.1, 0.15) is 83.3 Å². The Morgan fingerprint density at radius 1 is 1.11 bits per heavy atom. The maximum atomic E-state index is 13.7. The lowest BCUT2D eigenvalue weighted by atomic mass is 9.76. The number of aliphatic carboxylic acids is 1. The normalized spacial score (nSPS) is 21.5. The average molecular weight is 530 g/mol. The Hall–Kier alpha value is -2.12. The Labute approximate surface area is 230 Å². The minimum absolute atomic E-state index is 0.00267. The number of fused-ring (bicyclic) bond motifs is 1. The van der Waals surface area contributed by atoms with Gasteiger partial charge in [0.1, 0.15) is 5.75 Å². The number of hydrogen-bond acceptors (Lipinski definition) is 5. The molecule has 1 amide bonds. The van der Waals surface area contributed by atoms with E-state index in [2.05, 4.69) is 57.7 Å². The molecule has 7 nitrogen and oxygen atoms in total. The predicted molar refractivity (Wildman–Crippen MR) is 153 cm³/mol. The van der Waals surface area contributed by atoms with Crippen LogP contribution in [-0.2, 0) is 16.0 Å². The van der Waals surface area contributed by atoms with Crippen molar-refractivity contribution >= 4 is 11.9 Å². The number of carbonyl (C=O) groups excluding carboxylic acids is 1. The fourth-order valence-corrected chi connectivity index (χ4v) is 6.43. The molecule has 3 rings (SSSR count). The van der Waals surface area contributed by atoms with Crippen LogP contribution in [0.5, 0.6) is 5.75 Å². The van der Waals surface area contributed by atoms with Gasteiger partial charge in [0.25, 0.3) is 0 Å². The van der Waals surface area contributed by atoms with Crippen LogP contribution in [-0.4, -0.2) is 91.2 Å². The summed E-state index contributed by atoms with van der Waals surface area (Å²) in [5.41, 5.74) is 2.22. The fourth-order valence-electron chi connectivity index (χ4n) is 6.43. The summed E-state index contributed by atoms with van der Waals surface area (Å²) < 4.78 is 5.70. The molecule has 3 atom stereocenters. The lowest BCUT2D eigenvalue weighted by molar-refractivity contribution is -0.144. The van der Waals surface area contributed by atoms with Crippen LogP contribution in [0, 0.1) is 11.3 Å². The molecule has 214 valence electrons. The maximum absolute atomic E-state index is 13.7. The Balaban J connectivity index is 1.87.